The van der Waals surface area contributed by atoms with E-state index in [1.54, 1.807) is 13.0 Å². The predicted octanol–water partition coefficient (Wildman–Crippen LogP) is 3.13. The van der Waals surface area contributed by atoms with E-state index in [1.807, 2.05) is 43.3 Å². The molecule has 0 spiro atoms. The third kappa shape index (κ3) is 6.14. The summed E-state index contributed by atoms with van der Waals surface area (Å²) in [6, 6.07) is 13.2. The van der Waals surface area contributed by atoms with Gasteiger partial charge in [-0.25, -0.2) is 0 Å². The Kier molecular flexibility index (Phi) is 6.94. The summed E-state index contributed by atoms with van der Waals surface area (Å²) in [6.45, 7) is 4.46. The number of esters is 1. The Bertz CT molecular complexity index is 866. The maximum absolute atomic E-state index is 12.2. The van der Waals surface area contributed by atoms with Gasteiger partial charge < -0.3 is 24.3 Å². The van der Waals surface area contributed by atoms with E-state index in [9.17, 15) is 9.59 Å². The largest absolute Gasteiger partial charge is 0.494 e. The molecule has 1 aliphatic heterocycles. The number of benzene rings is 2. The van der Waals surface area contributed by atoms with Crippen molar-refractivity contribution in [1.82, 2.24) is 5.32 Å². The summed E-state index contributed by atoms with van der Waals surface area (Å²) < 4.78 is 21.4. The van der Waals surface area contributed by atoms with Gasteiger partial charge in [0.25, 0.3) is 5.91 Å². The van der Waals surface area contributed by atoms with Crippen molar-refractivity contribution in [1.29, 1.82) is 0 Å². The second kappa shape index (κ2) is 9.82. The van der Waals surface area contributed by atoms with Gasteiger partial charge >= 0.3 is 5.97 Å². The van der Waals surface area contributed by atoms with Gasteiger partial charge in [0, 0.05) is 13.0 Å². The first-order valence-corrected chi connectivity index (χ1v) is 9.56. The van der Waals surface area contributed by atoms with Gasteiger partial charge in [0.05, 0.1) is 6.61 Å². The van der Waals surface area contributed by atoms with E-state index in [0.29, 0.717) is 31.1 Å². The van der Waals surface area contributed by atoms with Gasteiger partial charge in [0.15, 0.2) is 17.6 Å². The number of rotatable bonds is 9. The zero-order chi connectivity index (χ0) is 20.6. The molecule has 0 bridgehead atoms. The van der Waals surface area contributed by atoms with E-state index in [2.05, 4.69) is 5.32 Å². The predicted molar refractivity (Wildman–Crippen MR) is 106 cm³/mol. The number of hydrogen-bond donors (Lipinski definition) is 1. The number of aryl methyl sites for hydroxylation is 1. The smallest absolute Gasteiger partial charge is 0.306 e. The van der Waals surface area contributed by atoms with Gasteiger partial charge in [0.1, 0.15) is 5.75 Å². The summed E-state index contributed by atoms with van der Waals surface area (Å²) in [5.74, 6) is 1.34. The lowest BCUT2D eigenvalue weighted by Gasteiger charge is -2.14. The molecule has 1 atom stereocenters. The van der Waals surface area contributed by atoms with Crippen LogP contribution in [0, 0.1) is 6.92 Å². The molecule has 0 saturated heterocycles. The molecule has 2 aromatic rings. The molecule has 1 amide bonds. The molecule has 1 aliphatic rings. The molecule has 1 heterocycles. The van der Waals surface area contributed by atoms with Crippen molar-refractivity contribution in [2.75, 3.05) is 13.4 Å². The summed E-state index contributed by atoms with van der Waals surface area (Å²) in [6.07, 6.45) is -0.168. The molecule has 29 heavy (non-hydrogen) atoms. The first-order valence-electron chi connectivity index (χ1n) is 9.56. The Labute approximate surface area is 169 Å². The molecule has 0 unspecified atom stereocenters. The maximum Gasteiger partial charge on any atom is 0.306 e. The lowest BCUT2D eigenvalue weighted by atomic mass is 10.2. The lowest BCUT2D eigenvalue weighted by molar-refractivity contribution is -0.155. The molecular formula is C22H25NO6. The molecule has 0 radical (unpaired) electrons. The van der Waals surface area contributed by atoms with Crippen LogP contribution in [0.3, 0.4) is 0 Å². The number of fused-ring (bicyclic) bond motifs is 1. The molecule has 0 aromatic heterocycles. The number of carbonyl (C=O) groups is 2. The Morgan fingerprint density at radius 2 is 1.97 bits per heavy atom. The summed E-state index contributed by atoms with van der Waals surface area (Å²) >= 11 is 0. The van der Waals surface area contributed by atoms with E-state index in [-0.39, 0.29) is 19.1 Å². The summed E-state index contributed by atoms with van der Waals surface area (Å²) in [4.78, 5) is 24.1. The Morgan fingerprint density at radius 1 is 1.14 bits per heavy atom. The zero-order valence-corrected chi connectivity index (χ0v) is 16.6. The van der Waals surface area contributed by atoms with Crippen LogP contribution in [0.15, 0.2) is 42.5 Å². The van der Waals surface area contributed by atoms with Crippen molar-refractivity contribution in [3.05, 3.63) is 53.6 Å². The Balaban J connectivity index is 1.33. The van der Waals surface area contributed by atoms with E-state index in [4.69, 9.17) is 18.9 Å². The van der Waals surface area contributed by atoms with Crippen LogP contribution in [0.25, 0.3) is 0 Å². The number of amides is 1. The van der Waals surface area contributed by atoms with Crippen LogP contribution < -0.4 is 19.5 Å². The van der Waals surface area contributed by atoms with Crippen LogP contribution in [-0.2, 0) is 20.9 Å². The third-order valence-electron chi connectivity index (χ3n) is 4.36. The van der Waals surface area contributed by atoms with Crippen molar-refractivity contribution >= 4 is 11.9 Å². The molecule has 2 aromatic carbocycles. The molecule has 7 heteroatoms. The summed E-state index contributed by atoms with van der Waals surface area (Å²) in [5.41, 5.74) is 1.98. The first-order chi connectivity index (χ1) is 14.0. The highest BCUT2D eigenvalue weighted by Gasteiger charge is 2.18. The maximum atomic E-state index is 12.2. The van der Waals surface area contributed by atoms with Crippen molar-refractivity contribution in [3.63, 3.8) is 0 Å². The molecular weight excluding hydrogens is 374 g/mol. The second-order valence-corrected chi connectivity index (χ2v) is 6.81. The normalized spacial score (nSPS) is 12.9. The van der Waals surface area contributed by atoms with Crippen molar-refractivity contribution in [3.8, 4) is 17.2 Å². The highest BCUT2D eigenvalue weighted by Crippen LogP contribution is 2.32. The minimum atomic E-state index is -0.866. The monoisotopic (exact) mass is 399 g/mol. The zero-order valence-electron chi connectivity index (χ0n) is 16.6. The number of carbonyl (C=O) groups excluding carboxylic acids is 2. The quantitative estimate of drug-likeness (QED) is 0.515. The number of nitrogens with one attached hydrogen (secondary N) is 1. The SMILES string of the molecule is Cc1cccc(OCCCC(=O)O[C@H](C)C(=O)NCc2ccc3c(c2)OCO3)c1. The molecule has 0 fully saturated rings. The van der Waals surface area contributed by atoms with E-state index < -0.39 is 12.1 Å². The van der Waals surface area contributed by atoms with E-state index >= 15 is 0 Å². The minimum absolute atomic E-state index is 0.186. The highest BCUT2D eigenvalue weighted by atomic mass is 16.7. The van der Waals surface area contributed by atoms with Gasteiger partial charge in [-0.3, -0.25) is 9.59 Å². The van der Waals surface area contributed by atoms with Crippen LogP contribution >= 0.6 is 0 Å². The van der Waals surface area contributed by atoms with Crippen LogP contribution in [-0.4, -0.2) is 31.4 Å². The summed E-state index contributed by atoms with van der Waals surface area (Å²) in [5, 5.41) is 2.75. The topological polar surface area (TPSA) is 83.1 Å². The second-order valence-electron chi connectivity index (χ2n) is 6.81. The van der Waals surface area contributed by atoms with Crippen LogP contribution in [0.4, 0.5) is 0 Å². The van der Waals surface area contributed by atoms with Crippen molar-refractivity contribution in [2.24, 2.45) is 0 Å². The molecule has 154 valence electrons. The Morgan fingerprint density at radius 3 is 2.79 bits per heavy atom. The highest BCUT2D eigenvalue weighted by molar-refractivity contribution is 5.83. The van der Waals surface area contributed by atoms with Gasteiger partial charge in [-0.05, 0) is 55.7 Å². The van der Waals surface area contributed by atoms with Gasteiger partial charge in [0.2, 0.25) is 6.79 Å². The molecule has 7 nitrogen and oxygen atoms in total. The standard InChI is InChI=1S/C22H25NO6/c1-15-5-3-6-18(11-15)26-10-4-7-21(24)29-16(2)22(25)23-13-17-8-9-19-20(12-17)28-14-27-19/h3,5-6,8-9,11-12,16H,4,7,10,13-14H2,1-2H3,(H,23,25)/t16-/m1/s1. The number of hydrogen-bond acceptors (Lipinski definition) is 6. The Hall–Kier alpha value is -3.22. The molecule has 1 N–H and O–H groups in total. The molecule has 3 rings (SSSR count). The fourth-order valence-corrected chi connectivity index (χ4v) is 2.81. The van der Waals surface area contributed by atoms with Crippen molar-refractivity contribution in [2.45, 2.75) is 39.3 Å². The van der Waals surface area contributed by atoms with Gasteiger partial charge in [-0.1, -0.05) is 18.2 Å². The van der Waals surface area contributed by atoms with E-state index in [0.717, 1.165) is 16.9 Å². The number of ether oxygens (including phenoxy) is 4. The van der Waals surface area contributed by atoms with Crippen LogP contribution in [0.5, 0.6) is 17.2 Å². The molecule has 0 aliphatic carbocycles. The van der Waals surface area contributed by atoms with Gasteiger partial charge in [-0.2, -0.15) is 0 Å². The fraction of sp³-hybridized carbons (Fsp3) is 0.364. The first kappa shape index (κ1) is 20.5. The van der Waals surface area contributed by atoms with E-state index in [1.165, 1.54) is 0 Å². The summed E-state index contributed by atoms with van der Waals surface area (Å²) in [7, 11) is 0. The molecule has 0 saturated carbocycles. The van der Waals surface area contributed by atoms with Crippen LogP contribution in [0.2, 0.25) is 0 Å². The van der Waals surface area contributed by atoms with Crippen molar-refractivity contribution < 1.29 is 28.5 Å². The fourth-order valence-electron chi connectivity index (χ4n) is 2.81. The third-order valence-corrected chi connectivity index (χ3v) is 4.36. The minimum Gasteiger partial charge on any atom is -0.494 e. The van der Waals surface area contributed by atoms with Crippen LogP contribution in [0.1, 0.15) is 30.9 Å². The van der Waals surface area contributed by atoms with Gasteiger partial charge in [-0.15, -0.1) is 0 Å². The lowest BCUT2D eigenvalue weighted by Crippen LogP contribution is -2.35. The average molecular weight is 399 g/mol. The average Bonchev–Trinajstić information content (AvgIpc) is 3.17.